The molecule has 0 fully saturated rings. The minimum absolute atomic E-state index is 0.0312. The number of rotatable bonds is 4. The SMILES string of the molecule is C[C@H](N)c1ccc(P(c2cc(C(C)(C)C)cc(C(C)(C)C)c2)c2cc(C(C)(C)C)cc(C(C)(C)C)c2)cc1. The minimum atomic E-state index is -0.772. The third-order valence-corrected chi connectivity index (χ3v) is 9.86. The van der Waals surface area contributed by atoms with E-state index in [2.05, 4.69) is 151 Å². The molecule has 3 rings (SSSR count). The Kier molecular flexibility index (Phi) is 8.50. The molecule has 0 aliphatic carbocycles. The number of benzene rings is 3. The molecule has 0 aliphatic heterocycles. The summed E-state index contributed by atoms with van der Waals surface area (Å²) in [6.45, 7) is 30.0. The molecule has 0 aliphatic rings. The van der Waals surface area contributed by atoms with Gasteiger partial charge in [-0.1, -0.05) is 144 Å². The Morgan fingerprint density at radius 1 is 0.474 bits per heavy atom. The van der Waals surface area contributed by atoms with Crippen LogP contribution < -0.4 is 21.6 Å². The highest BCUT2D eigenvalue weighted by Gasteiger charge is 2.27. The van der Waals surface area contributed by atoms with Gasteiger partial charge in [-0.15, -0.1) is 0 Å². The molecule has 0 heterocycles. The second-order valence-corrected chi connectivity index (χ2v) is 17.5. The largest absolute Gasteiger partial charge is 0.324 e. The summed E-state index contributed by atoms with van der Waals surface area (Å²) >= 11 is 0. The van der Waals surface area contributed by atoms with Gasteiger partial charge in [0.1, 0.15) is 0 Å². The van der Waals surface area contributed by atoms with E-state index in [0.717, 1.165) is 0 Å². The highest BCUT2D eigenvalue weighted by Crippen LogP contribution is 2.40. The van der Waals surface area contributed by atoms with Crippen molar-refractivity contribution in [3.63, 3.8) is 0 Å². The average molecular weight is 530 g/mol. The van der Waals surface area contributed by atoms with Gasteiger partial charge in [0, 0.05) is 6.04 Å². The predicted molar refractivity (Wildman–Crippen MR) is 173 cm³/mol. The van der Waals surface area contributed by atoms with Crippen LogP contribution in [-0.2, 0) is 21.7 Å². The molecule has 2 N–H and O–H groups in total. The third kappa shape index (κ3) is 7.16. The lowest BCUT2D eigenvalue weighted by atomic mass is 9.81. The van der Waals surface area contributed by atoms with E-state index in [1.165, 1.54) is 43.7 Å². The maximum Gasteiger partial charge on any atom is 0.0266 e. The fourth-order valence-corrected chi connectivity index (χ4v) is 7.00. The molecule has 38 heavy (non-hydrogen) atoms. The summed E-state index contributed by atoms with van der Waals surface area (Å²) in [5, 5.41) is 4.23. The summed E-state index contributed by atoms with van der Waals surface area (Å²) in [6.07, 6.45) is 0. The van der Waals surface area contributed by atoms with E-state index in [0.29, 0.717) is 0 Å². The van der Waals surface area contributed by atoms with Crippen LogP contribution in [0, 0.1) is 0 Å². The Bertz CT molecular complexity index is 1110. The minimum Gasteiger partial charge on any atom is -0.324 e. The van der Waals surface area contributed by atoms with Crippen molar-refractivity contribution in [2.24, 2.45) is 5.73 Å². The van der Waals surface area contributed by atoms with Crippen molar-refractivity contribution in [1.29, 1.82) is 0 Å². The van der Waals surface area contributed by atoms with Gasteiger partial charge in [0.05, 0.1) is 0 Å². The summed E-state index contributed by atoms with van der Waals surface area (Å²) in [5.41, 5.74) is 13.3. The highest BCUT2D eigenvalue weighted by atomic mass is 31.1. The lowest BCUT2D eigenvalue weighted by molar-refractivity contribution is 0.569. The van der Waals surface area contributed by atoms with E-state index in [1.807, 2.05) is 0 Å². The van der Waals surface area contributed by atoms with Crippen LogP contribution in [0.4, 0.5) is 0 Å². The average Bonchev–Trinajstić information content (AvgIpc) is 2.77. The molecule has 2 heteroatoms. The normalized spacial score (nSPS) is 14.2. The van der Waals surface area contributed by atoms with Crippen LogP contribution in [-0.4, -0.2) is 0 Å². The molecule has 0 amide bonds. The van der Waals surface area contributed by atoms with Gasteiger partial charge in [0.15, 0.2) is 0 Å². The molecule has 3 aromatic carbocycles. The molecule has 0 saturated heterocycles. The smallest absolute Gasteiger partial charge is 0.0266 e. The number of hydrogen-bond donors (Lipinski definition) is 1. The van der Waals surface area contributed by atoms with E-state index in [9.17, 15) is 0 Å². The van der Waals surface area contributed by atoms with E-state index >= 15 is 0 Å². The highest BCUT2D eigenvalue weighted by molar-refractivity contribution is 7.79. The second-order valence-electron chi connectivity index (χ2n) is 15.3. The maximum absolute atomic E-state index is 6.24. The Balaban J connectivity index is 2.42. The van der Waals surface area contributed by atoms with Gasteiger partial charge in [-0.25, -0.2) is 0 Å². The summed E-state index contributed by atoms with van der Waals surface area (Å²) in [7, 11) is -0.772. The van der Waals surface area contributed by atoms with Gasteiger partial charge in [0.25, 0.3) is 0 Å². The van der Waals surface area contributed by atoms with E-state index < -0.39 is 7.92 Å². The van der Waals surface area contributed by atoms with E-state index in [-0.39, 0.29) is 27.7 Å². The molecule has 0 radical (unpaired) electrons. The Morgan fingerprint density at radius 3 is 1.00 bits per heavy atom. The fraction of sp³-hybridized carbons (Fsp3) is 0.500. The van der Waals surface area contributed by atoms with Crippen LogP contribution in [0.3, 0.4) is 0 Å². The van der Waals surface area contributed by atoms with Crippen molar-refractivity contribution >= 4 is 23.8 Å². The first-order chi connectivity index (χ1) is 17.2. The van der Waals surface area contributed by atoms with Crippen molar-refractivity contribution in [3.05, 3.63) is 88.5 Å². The molecule has 206 valence electrons. The molecule has 0 spiro atoms. The lowest BCUT2D eigenvalue weighted by Crippen LogP contribution is -2.28. The van der Waals surface area contributed by atoms with Crippen LogP contribution in [0.25, 0.3) is 0 Å². The maximum atomic E-state index is 6.24. The predicted octanol–water partition coefficient (Wildman–Crippen LogP) is 8.65. The second kappa shape index (κ2) is 10.6. The summed E-state index contributed by atoms with van der Waals surface area (Å²) in [6, 6.07) is 24.0. The van der Waals surface area contributed by atoms with Gasteiger partial charge in [-0.05, 0) is 80.2 Å². The van der Waals surface area contributed by atoms with Crippen LogP contribution in [0.15, 0.2) is 60.7 Å². The Morgan fingerprint density at radius 2 is 0.763 bits per heavy atom. The van der Waals surface area contributed by atoms with Gasteiger partial charge < -0.3 is 5.73 Å². The molecular weight excluding hydrogens is 477 g/mol. The molecule has 3 aromatic rings. The molecule has 1 nitrogen and oxygen atoms in total. The first-order valence-electron chi connectivity index (χ1n) is 14.2. The Hall–Kier alpha value is -1.95. The van der Waals surface area contributed by atoms with Crippen molar-refractivity contribution in [2.75, 3.05) is 0 Å². The van der Waals surface area contributed by atoms with Gasteiger partial charge >= 0.3 is 0 Å². The topological polar surface area (TPSA) is 26.0 Å². The first kappa shape index (κ1) is 30.6. The lowest BCUT2D eigenvalue weighted by Gasteiger charge is -2.31. The zero-order valence-corrected chi connectivity index (χ0v) is 27.3. The molecule has 0 bridgehead atoms. The van der Waals surface area contributed by atoms with Crippen molar-refractivity contribution < 1.29 is 0 Å². The zero-order chi connectivity index (χ0) is 28.8. The molecular formula is C36H52NP. The Labute approximate surface area is 235 Å². The van der Waals surface area contributed by atoms with Crippen molar-refractivity contribution in [2.45, 2.75) is 118 Å². The number of hydrogen-bond acceptors (Lipinski definition) is 1. The third-order valence-electron chi connectivity index (χ3n) is 7.49. The first-order valence-corrected chi connectivity index (χ1v) is 15.5. The van der Waals surface area contributed by atoms with Crippen LogP contribution >= 0.6 is 7.92 Å². The molecule has 0 unspecified atom stereocenters. The standard InChI is InChI=1S/C36H52NP/c1-24(37)25-14-16-30(17-15-25)38(31-20-26(33(2,3)4)18-27(21-31)34(5,6)7)32-22-28(35(8,9)10)19-29(23-32)36(11,12)13/h14-24H,37H2,1-13H3/t24-/m0/s1. The van der Waals surface area contributed by atoms with E-state index in [1.54, 1.807) is 0 Å². The van der Waals surface area contributed by atoms with Gasteiger partial charge in [-0.2, -0.15) is 0 Å². The molecule has 1 atom stereocenters. The van der Waals surface area contributed by atoms with Gasteiger partial charge in [-0.3, -0.25) is 0 Å². The quantitative estimate of drug-likeness (QED) is 0.336. The van der Waals surface area contributed by atoms with Crippen LogP contribution in [0.1, 0.15) is 124 Å². The summed E-state index contributed by atoms with van der Waals surface area (Å²) in [4.78, 5) is 0. The van der Waals surface area contributed by atoms with Crippen molar-refractivity contribution in [3.8, 4) is 0 Å². The van der Waals surface area contributed by atoms with Crippen LogP contribution in [0.5, 0.6) is 0 Å². The van der Waals surface area contributed by atoms with Gasteiger partial charge in [0.2, 0.25) is 0 Å². The zero-order valence-electron chi connectivity index (χ0n) is 26.4. The molecule has 0 saturated carbocycles. The summed E-state index contributed by atoms with van der Waals surface area (Å²) < 4.78 is 0. The monoisotopic (exact) mass is 529 g/mol. The van der Waals surface area contributed by atoms with E-state index in [4.69, 9.17) is 5.73 Å². The summed E-state index contributed by atoms with van der Waals surface area (Å²) in [5.74, 6) is 0. The number of nitrogens with two attached hydrogens (primary N) is 1. The molecule has 0 aromatic heterocycles. The van der Waals surface area contributed by atoms with Crippen molar-refractivity contribution in [1.82, 2.24) is 0 Å². The fourth-order valence-electron chi connectivity index (χ4n) is 4.59. The van der Waals surface area contributed by atoms with Crippen LogP contribution in [0.2, 0.25) is 0 Å².